The minimum absolute atomic E-state index is 0.00346. The van der Waals surface area contributed by atoms with Crippen molar-refractivity contribution in [3.05, 3.63) is 34.4 Å². The second kappa shape index (κ2) is 7.32. The Morgan fingerprint density at radius 1 is 1.47 bits per heavy atom. The van der Waals surface area contributed by atoms with Gasteiger partial charge >= 0.3 is 0 Å². The van der Waals surface area contributed by atoms with Crippen LogP contribution in [0.4, 0.5) is 5.69 Å². The van der Waals surface area contributed by atoms with Crippen LogP contribution in [0, 0.1) is 16.0 Å². The Balaban J connectivity index is 2.35. The molecule has 1 amide bonds. The Kier molecular flexibility index (Phi) is 5.74. The van der Waals surface area contributed by atoms with Crippen LogP contribution in [0.5, 0.6) is 5.75 Å². The van der Waals surface area contributed by atoms with Crippen LogP contribution in [0.2, 0.25) is 0 Å². The van der Waals surface area contributed by atoms with Crippen LogP contribution in [0.15, 0.2) is 24.3 Å². The summed E-state index contributed by atoms with van der Waals surface area (Å²) in [5.41, 5.74) is -0.0337. The van der Waals surface area contributed by atoms with Gasteiger partial charge in [-0.3, -0.25) is 14.9 Å². The number of carbonyl (C=O) groups excluding carboxylic acids is 1. The lowest BCUT2D eigenvalue weighted by molar-refractivity contribution is -0.384. The fourth-order valence-corrected chi connectivity index (χ4v) is 1.22. The fourth-order valence-electron chi connectivity index (χ4n) is 1.22. The number of carbonyl (C=O) groups is 1. The number of non-ortho nitro benzene ring substituents is 1. The number of benzene rings is 1. The molecule has 1 rings (SSSR count). The lowest BCUT2D eigenvalue weighted by Crippen LogP contribution is -2.33. The van der Waals surface area contributed by atoms with Gasteiger partial charge in [-0.25, -0.2) is 0 Å². The first-order valence-corrected chi connectivity index (χ1v) is 5.77. The second-order valence-corrected chi connectivity index (χ2v) is 4.13. The largest absolute Gasteiger partial charge is 0.484 e. The Bertz CT molecular complexity index is 432. The minimum atomic E-state index is -0.507. The van der Waals surface area contributed by atoms with E-state index in [2.05, 4.69) is 5.32 Å². The predicted octanol–water partition coefficient (Wildman–Crippen LogP) is 0.718. The van der Waals surface area contributed by atoms with Gasteiger partial charge in [0.1, 0.15) is 5.75 Å². The third-order valence-electron chi connectivity index (χ3n) is 2.38. The van der Waals surface area contributed by atoms with Gasteiger partial charge in [0, 0.05) is 25.3 Å². The normalized spacial score (nSPS) is 11.7. The third kappa shape index (κ3) is 5.35. The molecule has 0 aliphatic heterocycles. The van der Waals surface area contributed by atoms with E-state index in [1.807, 2.05) is 0 Å². The predicted molar refractivity (Wildman–Crippen MR) is 67.9 cm³/mol. The van der Waals surface area contributed by atoms with Gasteiger partial charge < -0.3 is 15.2 Å². The van der Waals surface area contributed by atoms with Crippen molar-refractivity contribution in [3.8, 4) is 5.75 Å². The van der Waals surface area contributed by atoms with Crippen LogP contribution < -0.4 is 10.1 Å². The average molecular weight is 268 g/mol. The highest BCUT2D eigenvalue weighted by atomic mass is 16.6. The highest BCUT2D eigenvalue weighted by molar-refractivity contribution is 5.77. The van der Waals surface area contributed by atoms with E-state index in [1.165, 1.54) is 24.3 Å². The van der Waals surface area contributed by atoms with Crippen molar-refractivity contribution in [1.82, 2.24) is 5.32 Å². The van der Waals surface area contributed by atoms with Crippen molar-refractivity contribution in [2.24, 2.45) is 5.92 Å². The molecule has 1 aromatic carbocycles. The van der Waals surface area contributed by atoms with Gasteiger partial charge in [-0.05, 0) is 18.1 Å². The summed E-state index contributed by atoms with van der Waals surface area (Å²) in [7, 11) is 0. The SMILES string of the molecule is CC(CO)CNC(=O)COc1ccc([N+](=O)[O-])cc1. The molecule has 104 valence electrons. The molecule has 0 spiro atoms. The highest BCUT2D eigenvalue weighted by Crippen LogP contribution is 2.16. The summed E-state index contributed by atoms with van der Waals surface area (Å²) < 4.78 is 5.17. The van der Waals surface area contributed by atoms with E-state index >= 15 is 0 Å². The number of rotatable bonds is 7. The maximum Gasteiger partial charge on any atom is 0.269 e. The minimum Gasteiger partial charge on any atom is -0.484 e. The second-order valence-electron chi connectivity index (χ2n) is 4.13. The van der Waals surface area contributed by atoms with Gasteiger partial charge in [-0.15, -0.1) is 0 Å². The molecular formula is C12H16N2O5. The Labute approximate surface area is 110 Å². The molecule has 7 nitrogen and oxygen atoms in total. The quantitative estimate of drug-likeness (QED) is 0.560. The van der Waals surface area contributed by atoms with Gasteiger partial charge in [0.05, 0.1) is 4.92 Å². The van der Waals surface area contributed by atoms with E-state index in [0.29, 0.717) is 12.3 Å². The summed E-state index contributed by atoms with van der Waals surface area (Å²) in [5, 5.41) is 21.8. The number of ether oxygens (including phenoxy) is 1. The van der Waals surface area contributed by atoms with Gasteiger partial charge in [0.25, 0.3) is 11.6 Å². The monoisotopic (exact) mass is 268 g/mol. The number of aliphatic hydroxyl groups excluding tert-OH is 1. The first-order chi connectivity index (χ1) is 9.02. The van der Waals surface area contributed by atoms with Crippen LogP contribution in [-0.2, 0) is 4.79 Å². The van der Waals surface area contributed by atoms with Crippen molar-refractivity contribution < 1.29 is 19.6 Å². The Morgan fingerprint density at radius 2 is 2.11 bits per heavy atom. The number of nitrogens with zero attached hydrogens (tertiary/aromatic N) is 1. The fraction of sp³-hybridized carbons (Fsp3) is 0.417. The highest BCUT2D eigenvalue weighted by Gasteiger charge is 2.07. The summed E-state index contributed by atoms with van der Waals surface area (Å²) in [6.07, 6.45) is 0. The molecule has 1 aromatic rings. The zero-order chi connectivity index (χ0) is 14.3. The van der Waals surface area contributed by atoms with Gasteiger partial charge in [0.15, 0.2) is 6.61 Å². The van der Waals surface area contributed by atoms with Crippen molar-refractivity contribution >= 4 is 11.6 Å². The van der Waals surface area contributed by atoms with E-state index in [-0.39, 0.29) is 30.7 Å². The van der Waals surface area contributed by atoms with E-state index in [9.17, 15) is 14.9 Å². The number of nitrogens with one attached hydrogen (secondary N) is 1. The first-order valence-electron chi connectivity index (χ1n) is 5.77. The smallest absolute Gasteiger partial charge is 0.269 e. The van der Waals surface area contributed by atoms with E-state index < -0.39 is 4.92 Å². The molecule has 19 heavy (non-hydrogen) atoms. The van der Waals surface area contributed by atoms with Crippen LogP contribution in [0.25, 0.3) is 0 Å². The number of aliphatic hydroxyl groups is 1. The molecule has 0 aliphatic carbocycles. The molecule has 0 bridgehead atoms. The number of nitro benzene ring substituents is 1. The van der Waals surface area contributed by atoms with E-state index in [4.69, 9.17) is 9.84 Å². The Morgan fingerprint density at radius 3 is 2.63 bits per heavy atom. The molecule has 0 saturated heterocycles. The van der Waals surface area contributed by atoms with Gasteiger partial charge in [0.2, 0.25) is 0 Å². The summed E-state index contributed by atoms with van der Waals surface area (Å²) >= 11 is 0. The van der Waals surface area contributed by atoms with Crippen LogP contribution in [0.3, 0.4) is 0 Å². The van der Waals surface area contributed by atoms with Crippen molar-refractivity contribution in [3.63, 3.8) is 0 Å². The van der Waals surface area contributed by atoms with Gasteiger partial charge in [-0.2, -0.15) is 0 Å². The molecule has 0 saturated carbocycles. The number of hydrogen-bond donors (Lipinski definition) is 2. The maximum absolute atomic E-state index is 11.4. The zero-order valence-corrected chi connectivity index (χ0v) is 10.5. The van der Waals surface area contributed by atoms with E-state index in [0.717, 1.165) is 0 Å². The third-order valence-corrected chi connectivity index (χ3v) is 2.38. The Hall–Kier alpha value is -2.15. The van der Waals surface area contributed by atoms with E-state index in [1.54, 1.807) is 6.92 Å². The first kappa shape index (κ1) is 14.9. The standard InChI is InChI=1S/C12H16N2O5/c1-9(7-15)6-13-12(16)8-19-11-4-2-10(3-5-11)14(17)18/h2-5,9,15H,6-8H2,1H3,(H,13,16). The van der Waals surface area contributed by atoms with Gasteiger partial charge in [-0.1, -0.05) is 6.92 Å². The number of nitro groups is 1. The molecule has 1 atom stereocenters. The zero-order valence-electron chi connectivity index (χ0n) is 10.5. The molecule has 0 aromatic heterocycles. The van der Waals surface area contributed by atoms with Crippen LogP contribution in [-0.4, -0.2) is 35.7 Å². The topological polar surface area (TPSA) is 102 Å². The lowest BCUT2D eigenvalue weighted by Gasteiger charge is -2.10. The maximum atomic E-state index is 11.4. The molecule has 1 unspecified atom stereocenters. The number of hydrogen-bond acceptors (Lipinski definition) is 5. The lowest BCUT2D eigenvalue weighted by atomic mass is 10.2. The summed E-state index contributed by atoms with van der Waals surface area (Å²) in [4.78, 5) is 21.3. The number of amides is 1. The molecule has 0 aliphatic rings. The summed E-state index contributed by atoms with van der Waals surface area (Å²) in [6, 6.07) is 5.48. The van der Waals surface area contributed by atoms with Crippen LogP contribution in [0.1, 0.15) is 6.92 Å². The molecule has 2 N–H and O–H groups in total. The molecule has 0 fully saturated rings. The van der Waals surface area contributed by atoms with Crippen molar-refractivity contribution in [2.75, 3.05) is 19.8 Å². The van der Waals surface area contributed by atoms with Crippen LogP contribution >= 0.6 is 0 Å². The van der Waals surface area contributed by atoms with Crippen molar-refractivity contribution in [2.45, 2.75) is 6.92 Å². The summed E-state index contributed by atoms with van der Waals surface area (Å²) in [6.45, 7) is 2.01. The average Bonchev–Trinajstić information content (AvgIpc) is 2.42. The molecule has 0 radical (unpaired) electrons. The molecule has 0 heterocycles. The summed E-state index contributed by atoms with van der Waals surface area (Å²) in [5.74, 6) is 0.0675. The molecular weight excluding hydrogens is 252 g/mol. The molecule has 7 heteroatoms. The van der Waals surface area contributed by atoms with Crippen molar-refractivity contribution in [1.29, 1.82) is 0 Å².